The molecule has 2 aliphatic carbocycles. The fourth-order valence-corrected chi connectivity index (χ4v) is 6.24. The second kappa shape index (κ2) is 6.16. The molecule has 1 aliphatic heterocycles. The zero-order valence-corrected chi connectivity index (χ0v) is 14.9. The molecule has 3 aliphatic rings. The van der Waals surface area contributed by atoms with Gasteiger partial charge in [0.15, 0.2) is 0 Å². The monoisotopic (exact) mass is 343 g/mol. The molecule has 1 aromatic rings. The van der Waals surface area contributed by atoms with Crippen LogP contribution in [-0.4, -0.2) is 25.8 Å². The van der Waals surface area contributed by atoms with E-state index in [1.54, 1.807) is 4.31 Å². The van der Waals surface area contributed by atoms with Crippen LogP contribution in [0.1, 0.15) is 49.7 Å². The molecule has 1 spiro atoms. The Morgan fingerprint density at radius 1 is 1.04 bits per heavy atom. The van der Waals surface area contributed by atoms with Crippen LogP contribution < -0.4 is 0 Å². The Labute approximate surface area is 145 Å². The van der Waals surface area contributed by atoms with Gasteiger partial charge in [-0.1, -0.05) is 36.4 Å². The molecule has 1 fully saturated rings. The number of rotatable bonds is 2. The molecule has 0 amide bonds. The number of benzene rings is 1. The van der Waals surface area contributed by atoms with Crippen molar-refractivity contribution in [1.29, 1.82) is 0 Å². The summed E-state index contributed by atoms with van der Waals surface area (Å²) in [5, 5.41) is 0. The quantitative estimate of drug-likeness (QED) is 0.757. The second-order valence-electron chi connectivity index (χ2n) is 7.47. The van der Waals surface area contributed by atoms with Crippen LogP contribution in [0.25, 0.3) is 6.08 Å². The Kier molecular flexibility index (Phi) is 4.13. The SMILES string of the molecule is O=S(=O)(C1=Cc2ccccc2CC1)N1CCC[C@@]2(CC=CCC2)C1. The highest BCUT2D eigenvalue weighted by Crippen LogP contribution is 2.42. The van der Waals surface area contributed by atoms with Crippen molar-refractivity contribution in [2.75, 3.05) is 13.1 Å². The van der Waals surface area contributed by atoms with E-state index in [2.05, 4.69) is 18.2 Å². The maximum atomic E-state index is 13.2. The summed E-state index contributed by atoms with van der Waals surface area (Å²) in [5.74, 6) is 0. The Morgan fingerprint density at radius 3 is 2.75 bits per heavy atom. The van der Waals surface area contributed by atoms with Gasteiger partial charge in [-0.05, 0) is 67.6 Å². The van der Waals surface area contributed by atoms with Gasteiger partial charge in [0, 0.05) is 13.1 Å². The van der Waals surface area contributed by atoms with Crippen molar-refractivity contribution >= 4 is 16.1 Å². The molecule has 0 bridgehead atoms. The first kappa shape index (κ1) is 16.1. The zero-order chi connectivity index (χ0) is 16.6. The van der Waals surface area contributed by atoms with E-state index < -0.39 is 10.0 Å². The van der Waals surface area contributed by atoms with Crippen LogP contribution in [0.15, 0.2) is 41.3 Å². The standard InChI is InChI=1S/C20H25NO2S/c22-24(23,19-10-9-17-7-2-3-8-18(17)15-19)21-14-6-13-20(16-21)11-4-1-5-12-20/h1-4,7-8,15H,5-6,9-14,16H2/t20-/m0/s1. The molecular weight excluding hydrogens is 318 g/mol. The Morgan fingerprint density at radius 2 is 1.92 bits per heavy atom. The minimum atomic E-state index is -3.33. The first-order chi connectivity index (χ1) is 11.6. The predicted octanol–water partition coefficient (Wildman–Crippen LogP) is 4.13. The van der Waals surface area contributed by atoms with Gasteiger partial charge < -0.3 is 0 Å². The Hall–Kier alpha value is -1.39. The van der Waals surface area contributed by atoms with Gasteiger partial charge >= 0.3 is 0 Å². The van der Waals surface area contributed by atoms with Crippen molar-refractivity contribution in [2.45, 2.75) is 44.9 Å². The highest BCUT2D eigenvalue weighted by Gasteiger charge is 2.40. The summed E-state index contributed by atoms with van der Waals surface area (Å²) < 4.78 is 28.2. The van der Waals surface area contributed by atoms with E-state index in [0.717, 1.165) is 44.1 Å². The van der Waals surface area contributed by atoms with Gasteiger partial charge in [-0.3, -0.25) is 0 Å². The first-order valence-corrected chi connectivity index (χ1v) is 10.5. The molecule has 1 heterocycles. The van der Waals surface area contributed by atoms with Crippen LogP contribution in [0.5, 0.6) is 0 Å². The fraction of sp³-hybridized carbons (Fsp3) is 0.500. The fourth-order valence-electron chi connectivity index (χ4n) is 4.46. The third-order valence-corrected chi connectivity index (χ3v) is 7.84. The molecular formula is C20H25NO2S. The lowest BCUT2D eigenvalue weighted by Gasteiger charge is -2.43. The van der Waals surface area contributed by atoms with Crippen molar-refractivity contribution in [1.82, 2.24) is 4.31 Å². The number of allylic oxidation sites excluding steroid dienone is 3. The molecule has 0 aromatic heterocycles. The number of hydrogen-bond acceptors (Lipinski definition) is 2. The first-order valence-electron chi connectivity index (χ1n) is 9.03. The summed E-state index contributed by atoms with van der Waals surface area (Å²) in [6, 6.07) is 8.12. The van der Waals surface area contributed by atoms with Crippen LogP contribution in [0, 0.1) is 5.41 Å². The van der Waals surface area contributed by atoms with Crippen molar-refractivity contribution in [3.63, 3.8) is 0 Å². The van der Waals surface area contributed by atoms with Crippen molar-refractivity contribution in [2.24, 2.45) is 5.41 Å². The lowest BCUT2D eigenvalue weighted by molar-refractivity contribution is 0.133. The molecule has 4 heteroatoms. The summed E-state index contributed by atoms with van der Waals surface area (Å²) >= 11 is 0. The topological polar surface area (TPSA) is 37.4 Å². The van der Waals surface area contributed by atoms with E-state index in [0.29, 0.717) is 24.4 Å². The van der Waals surface area contributed by atoms with Crippen LogP contribution >= 0.6 is 0 Å². The van der Waals surface area contributed by atoms with Gasteiger partial charge in [0.05, 0.1) is 4.91 Å². The molecule has 0 unspecified atom stereocenters. The Bertz CT molecular complexity index is 794. The van der Waals surface area contributed by atoms with Gasteiger partial charge in [-0.25, -0.2) is 8.42 Å². The summed E-state index contributed by atoms with van der Waals surface area (Å²) in [4.78, 5) is 0.601. The van der Waals surface area contributed by atoms with Crippen molar-refractivity contribution < 1.29 is 8.42 Å². The van der Waals surface area contributed by atoms with E-state index in [4.69, 9.17) is 0 Å². The summed E-state index contributed by atoms with van der Waals surface area (Å²) in [6.45, 7) is 1.37. The summed E-state index contributed by atoms with van der Waals surface area (Å²) in [7, 11) is -3.33. The second-order valence-corrected chi connectivity index (χ2v) is 9.46. The van der Waals surface area contributed by atoms with E-state index in [-0.39, 0.29) is 5.41 Å². The molecule has 1 aromatic carbocycles. The minimum Gasteiger partial charge on any atom is -0.207 e. The van der Waals surface area contributed by atoms with Gasteiger partial charge in [0.25, 0.3) is 0 Å². The smallest absolute Gasteiger partial charge is 0.207 e. The van der Waals surface area contributed by atoms with Gasteiger partial charge in [0.1, 0.15) is 0 Å². The zero-order valence-electron chi connectivity index (χ0n) is 14.1. The highest BCUT2D eigenvalue weighted by atomic mass is 32.2. The summed E-state index contributed by atoms with van der Waals surface area (Å²) in [5.41, 5.74) is 2.49. The lowest BCUT2D eigenvalue weighted by atomic mass is 9.72. The highest BCUT2D eigenvalue weighted by molar-refractivity contribution is 7.93. The number of piperidine rings is 1. The minimum absolute atomic E-state index is 0.174. The average Bonchev–Trinajstić information content (AvgIpc) is 2.62. The molecule has 24 heavy (non-hydrogen) atoms. The molecule has 1 atom stereocenters. The van der Waals surface area contributed by atoms with Crippen molar-refractivity contribution in [3.05, 3.63) is 52.4 Å². The average molecular weight is 343 g/mol. The molecule has 4 rings (SSSR count). The van der Waals surface area contributed by atoms with Crippen LogP contribution in [0.3, 0.4) is 0 Å². The molecule has 128 valence electrons. The number of hydrogen-bond donors (Lipinski definition) is 0. The molecule has 0 saturated carbocycles. The Balaban J connectivity index is 1.61. The van der Waals surface area contributed by atoms with Gasteiger partial charge in [0.2, 0.25) is 10.0 Å². The van der Waals surface area contributed by atoms with Gasteiger partial charge in [-0.2, -0.15) is 4.31 Å². The van der Waals surface area contributed by atoms with E-state index >= 15 is 0 Å². The van der Waals surface area contributed by atoms with E-state index in [1.807, 2.05) is 24.3 Å². The summed E-state index contributed by atoms with van der Waals surface area (Å²) in [6.07, 6.45) is 13.2. The normalized spacial score (nSPS) is 27.8. The number of aryl methyl sites for hydroxylation is 1. The predicted molar refractivity (Wildman–Crippen MR) is 97.9 cm³/mol. The largest absolute Gasteiger partial charge is 0.239 e. The van der Waals surface area contributed by atoms with Crippen LogP contribution in [0.2, 0.25) is 0 Å². The molecule has 0 N–H and O–H groups in total. The number of fused-ring (bicyclic) bond motifs is 1. The maximum absolute atomic E-state index is 13.2. The maximum Gasteiger partial charge on any atom is 0.239 e. The van der Waals surface area contributed by atoms with Crippen molar-refractivity contribution in [3.8, 4) is 0 Å². The molecule has 0 radical (unpaired) electrons. The van der Waals surface area contributed by atoms with E-state index in [9.17, 15) is 8.42 Å². The van der Waals surface area contributed by atoms with E-state index in [1.165, 1.54) is 5.56 Å². The number of sulfonamides is 1. The van der Waals surface area contributed by atoms with Crippen LogP contribution in [-0.2, 0) is 16.4 Å². The lowest BCUT2D eigenvalue weighted by Crippen LogP contribution is -2.46. The van der Waals surface area contributed by atoms with Gasteiger partial charge in [-0.15, -0.1) is 0 Å². The third kappa shape index (κ3) is 2.86. The van der Waals surface area contributed by atoms with Crippen LogP contribution in [0.4, 0.5) is 0 Å². The molecule has 3 nitrogen and oxygen atoms in total. The third-order valence-electron chi connectivity index (χ3n) is 5.87. The number of nitrogens with zero attached hydrogens (tertiary/aromatic N) is 1. The molecule has 1 saturated heterocycles.